The molecule has 0 spiro atoms. The van der Waals surface area contributed by atoms with Gasteiger partial charge in [-0.1, -0.05) is 66.2 Å². The Bertz CT molecular complexity index is 1600. The molecule has 8 nitrogen and oxygen atoms in total. The summed E-state index contributed by atoms with van der Waals surface area (Å²) in [6, 6.07) is 26.6. The second-order valence-electron chi connectivity index (χ2n) is 9.94. The summed E-state index contributed by atoms with van der Waals surface area (Å²) in [5, 5.41) is 11.8. The Labute approximate surface area is 247 Å². The largest absolute Gasteiger partial charge is 0.497 e. The first kappa shape index (κ1) is 28.1. The predicted octanol–water partition coefficient (Wildman–Crippen LogP) is 5.71. The van der Waals surface area contributed by atoms with Crippen LogP contribution in [0.1, 0.15) is 22.9 Å². The Morgan fingerprint density at radius 1 is 0.881 bits per heavy atom. The van der Waals surface area contributed by atoms with Crippen molar-refractivity contribution in [1.82, 2.24) is 14.5 Å². The van der Waals surface area contributed by atoms with Crippen LogP contribution in [0.15, 0.2) is 97.5 Å². The molecule has 6 rings (SSSR count). The highest BCUT2D eigenvalue weighted by Crippen LogP contribution is 2.43. The second kappa shape index (κ2) is 11.7. The van der Waals surface area contributed by atoms with E-state index in [4.69, 9.17) is 30.5 Å². The zero-order valence-corrected chi connectivity index (χ0v) is 23.7. The van der Waals surface area contributed by atoms with E-state index < -0.39 is 30.2 Å². The van der Waals surface area contributed by atoms with E-state index in [1.54, 1.807) is 26.5 Å². The van der Waals surface area contributed by atoms with Gasteiger partial charge in [0.25, 0.3) is 0 Å². The van der Waals surface area contributed by atoms with E-state index in [1.807, 2.05) is 78.9 Å². The molecule has 3 heterocycles. The van der Waals surface area contributed by atoms with E-state index in [-0.39, 0.29) is 11.8 Å². The lowest BCUT2D eigenvalue weighted by Crippen LogP contribution is -2.39. The van der Waals surface area contributed by atoms with Crippen molar-refractivity contribution in [2.75, 3.05) is 20.8 Å². The first-order valence-corrected chi connectivity index (χ1v) is 13.8. The first-order valence-electron chi connectivity index (χ1n) is 13.4. The molecule has 10 heteroatoms. The monoisotopic (exact) mass is 589 g/mol. The number of nitrogens with zero attached hydrogens (tertiary/aromatic N) is 3. The number of halogens is 2. The van der Waals surface area contributed by atoms with Crippen molar-refractivity contribution in [3.05, 3.63) is 119 Å². The van der Waals surface area contributed by atoms with Crippen LogP contribution >= 0.6 is 11.6 Å². The number of benzene rings is 3. The summed E-state index contributed by atoms with van der Waals surface area (Å²) in [6.45, 7) is -0.125. The minimum Gasteiger partial charge on any atom is -0.497 e. The molecule has 1 N–H and O–H groups in total. The Morgan fingerprint density at radius 2 is 1.48 bits per heavy atom. The van der Waals surface area contributed by atoms with E-state index >= 15 is 4.39 Å². The summed E-state index contributed by atoms with van der Waals surface area (Å²) >= 11 is 6.20. The number of aliphatic hydroxyl groups excluding tert-OH is 1. The normalized spacial score (nSPS) is 20.6. The number of aromatic nitrogens is 3. The Hall–Kier alpha value is -4.02. The zero-order chi connectivity index (χ0) is 29.3. The number of ether oxygens (including phenoxy) is 4. The van der Waals surface area contributed by atoms with E-state index in [0.29, 0.717) is 22.5 Å². The molecule has 0 aliphatic carbocycles. The van der Waals surface area contributed by atoms with E-state index in [2.05, 4.69) is 9.97 Å². The molecule has 0 unspecified atom stereocenters. The number of alkyl halides is 1. The molecule has 2 aromatic heterocycles. The van der Waals surface area contributed by atoms with Crippen molar-refractivity contribution in [1.29, 1.82) is 0 Å². The van der Waals surface area contributed by atoms with Crippen molar-refractivity contribution < 1.29 is 28.4 Å². The van der Waals surface area contributed by atoms with E-state index in [1.165, 1.54) is 10.9 Å². The van der Waals surface area contributed by atoms with Gasteiger partial charge in [0.2, 0.25) is 0 Å². The number of hydrogen-bond acceptors (Lipinski definition) is 7. The Kier molecular flexibility index (Phi) is 7.83. The van der Waals surface area contributed by atoms with Gasteiger partial charge in [0.05, 0.1) is 26.2 Å². The smallest absolute Gasteiger partial charge is 0.173 e. The van der Waals surface area contributed by atoms with Gasteiger partial charge >= 0.3 is 0 Å². The molecule has 1 aliphatic heterocycles. The summed E-state index contributed by atoms with van der Waals surface area (Å²) in [5.74, 6) is 1.38. The lowest BCUT2D eigenvalue weighted by Gasteiger charge is -2.37. The predicted molar refractivity (Wildman–Crippen MR) is 156 cm³/mol. The number of hydrogen-bond donors (Lipinski definition) is 1. The highest BCUT2D eigenvalue weighted by molar-refractivity contribution is 6.33. The fourth-order valence-corrected chi connectivity index (χ4v) is 5.68. The highest BCUT2D eigenvalue weighted by Gasteiger charge is 2.47. The third kappa shape index (κ3) is 4.88. The molecular formula is C32H29ClFN3O5. The van der Waals surface area contributed by atoms with Gasteiger partial charge in [-0.05, 0) is 47.0 Å². The molecule has 3 aromatic carbocycles. The van der Waals surface area contributed by atoms with E-state index in [0.717, 1.165) is 16.7 Å². The van der Waals surface area contributed by atoms with Crippen LogP contribution < -0.4 is 9.47 Å². The molecule has 42 heavy (non-hydrogen) atoms. The lowest BCUT2D eigenvalue weighted by molar-refractivity contribution is -0.0934. The van der Waals surface area contributed by atoms with Crippen LogP contribution in [-0.2, 0) is 15.1 Å². The molecule has 1 fully saturated rings. The SMILES string of the molecule is COc1ccc(C(OC[C@H]2O[C@@H](n3ccc4c(Cl)ncnc43)[C@@H](F)[C@@H]2O)(c2ccccc2)c2ccc(OC)cc2)cc1. The average molecular weight is 590 g/mol. The zero-order valence-electron chi connectivity index (χ0n) is 22.9. The second-order valence-corrected chi connectivity index (χ2v) is 10.3. The van der Waals surface area contributed by atoms with Gasteiger partial charge in [-0.3, -0.25) is 0 Å². The molecule has 0 saturated carbocycles. The maximum atomic E-state index is 15.6. The molecule has 5 aromatic rings. The Balaban J connectivity index is 1.39. The summed E-state index contributed by atoms with van der Waals surface area (Å²) in [7, 11) is 3.21. The highest BCUT2D eigenvalue weighted by atomic mass is 35.5. The third-order valence-electron chi connectivity index (χ3n) is 7.67. The van der Waals surface area contributed by atoms with Crippen molar-refractivity contribution in [2.45, 2.75) is 30.2 Å². The third-order valence-corrected chi connectivity index (χ3v) is 7.97. The van der Waals surface area contributed by atoms with Crippen LogP contribution in [-0.4, -0.2) is 58.8 Å². The van der Waals surface area contributed by atoms with Gasteiger partial charge in [-0.25, -0.2) is 14.4 Å². The summed E-state index contributed by atoms with van der Waals surface area (Å²) < 4.78 is 40.9. The van der Waals surface area contributed by atoms with Gasteiger partial charge in [0.15, 0.2) is 12.4 Å². The summed E-state index contributed by atoms with van der Waals surface area (Å²) in [5.41, 5.74) is 1.72. The minimum atomic E-state index is -1.74. The molecule has 0 radical (unpaired) electrons. The molecule has 1 saturated heterocycles. The van der Waals surface area contributed by atoms with Gasteiger partial charge in [-0.2, -0.15) is 0 Å². The summed E-state index contributed by atoms with van der Waals surface area (Å²) in [6.07, 6.45) is -2.38. The maximum absolute atomic E-state index is 15.6. The van der Waals surface area contributed by atoms with Crippen LogP contribution in [0.2, 0.25) is 5.15 Å². The van der Waals surface area contributed by atoms with Crippen molar-refractivity contribution in [3.8, 4) is 11.5 Å². The van der Waals surface area contributed by atoms with E-state index in [9.17, 15) is 5.11 Å². The fraction of sp³-hybridized carbons (Fsp3) is 0.250. The lowest BCUT2D eigenvalue weighted by atomic mass is 9.80. The number of aliphatic hydroxyl groups is 1. The van der Waals surface area contributed by atoms with Gasteiger partial charge < -0.3 is 28.6 Å². The Morgan fingerprint density at radius 3 is 2.07 bits per heavy atom. The maximum Gasteiger partial charge on any atom is 0.173 e. The number of methoxy groups -OCH3 is 2. The van der Waals surface area contributed by atoms with Crippen LogP contribution in [0, 0.1) is 0 Å². The van der Waals surface area contributed by atoms with Crippen LogP contribution in [0.3, 0.4) is 0 Å². The van der Waals surface area contributed by atoms with Crippen LogP contribution in [0.5, 0.6) is 11.5 Å². The van der Waals surface area contributed by atoms with Gasteiger partial charge in [-0.15, -0.1) is 0 Å². The number of fused-ring (bicyclic) bond motifs is 1. The van der Waals surface area contributed by atoms with Gasteiger partial charge in [0.1, 0.15) is 46.4 Å². The molecule has 0 bridgehead atoms. The fourth-order valence-electron chi connectivity index (χ4n) is 5.49. The van der Waals surface area contributed by atoms with Crippen LogP contribution in [0.25, 0.3) is 11.0 Å². The van der Waals surface area contributed by atoms with Crippen molar-refractivity contribution in [2.24, 2.45) is 0 Å². The summed E-state index contributed by atoms with van der Waals surface area (Å²) in [4.78, 5) is 8.23. The van der Waals surface area contributed by atoms with Crippen molar-refractivity contribution in [3.63, 3.8) is 0 Å². The van der Waals surface area contributed by atoms with Gasteiger partial charge in [0, 0.05) is 6.20 Å². The quantitative estimate of drug-likeness (QED) is 0.174. The standard InChI is InChI=1S/C32H29ClFN3O5/c1-39-23-12-8-21(9-13-23)32(20-6-4-3-5-7-20,22-10-14-24(40-2)15-11-22)41-18-26-28(38)27(34)31(42-26)37-17-16-25-29(33)35-19-36-30(25)37/h3-17,19,26-28,31,38H,18H2,1-2H3/t26-,27+,28-,31-/m1/s1. The minimum absolute atomic E-state index is 0.125. The van der Waals surface area contributed by atoms with Crippen LogP contribution in [0.4, 0.5) is 4.39 Å². The molecule has 4 atom stereocenters. The molecule has 1 aliphatic rings. The number of rotatable bonds is 9. The average Bonchev–Trinajstić information content (AvgIpc) is 3.59. The molecular weight excluding hydrogens is 561 g/mol. The molecule has 0 amide bonds. The molecule has 216 valence electrons. The van der Waals surface area contributed by atoms with Crippen molar-refractivity contribution >= 4 is 22.6 Å². The first-order chi connectivity index (χ1) is 20.5. The topological polar surface area (TPSA) is 87.9 Å².